The Morgan fingerprint density at radius 2 is 1.82 bits per heavy atom. The highest BCUT2D eigenvalue weighted by molar-refractivity contribution is 7.07. The van der Waals surface area contributed by atoms with E-state index in [1.807, 2.05) is 66.9 Å². The number of nitrogens with zero attached hydrogens (tertiary/aromatic N) is 5. The number of hydrogen-bond donors (Lipinski definition) is 0. The van der Waals surface area contributed by atoms with Gasteiger partial charge in [-0.25, -0.2) is 14.5 Å². The van der Waals surface area contributed by atoms with Crippen LogP contribution in [0.2, 0.25) is 19.6 Å². The standard InChI is InChI=1S/C28H29N5O3SSi/c1-6-36-27(35)24-18(2)29-28-33(25(24)19-12-8-7-9-13-19)26(34)22(37-28)16-20-14-10-11-15-21(20)32-17-23(30-31-32)38(3,4)5/h7-17,25H,6H2,1-5H3/b22-16-. The van der Waals surface area contributed by atoms with Crippen molar-refractivity contribution in [3.05, 3.63) is 103 Å². The molecule has 2 aromatic heterocycles. The fraction of sp³-hybridized carbons (Fsp3) is 0.250. The van der Waals surface area contributed by atoms with Gasteiger partial charge in [-0.1, -0.05) is 84.7 Å². The Morgan fingerprint density at radius 1 is 1.11 bits per heavy atom. The van der Waals surface area contributed by atoms with Crippen LogP contribution in [0.1, 0.15) is 31.0 Å². The highest BCUT2D eigenvalue weighted by Gasteiger charge is 2.33. The first-order valence-electron chi connectivity index (χ1n) is 12.5. The van der Waals surface area contributed by atoms with Crippen molar-refractivity contribution in [2.45, 2.75) is 39.5 Å². The second kappa shape index (κ2) is 10.1. The molecular weight excluding hydrogens is 514 g/mol. The van der Waals surface area contributed by atoms with E-state index < -0.39 is 20.1 Å². The predicted octanol–water partition coefficient (Wildman–Crippen LogP) is 2.92. The Morgan fingerprint density at radius 3 is 2.50 bits per heavy atom. The second-order valence-corrected chi connectivity index (χ2v) is 16.1. The molecular formula is C28H29N5O3SSi. The molecule has 1 aliphatic heterocycles. The molecule has 0 radical (unpaired) electrons. The average Bonchev–Trinajstić information content (AvgIpc) is 3.50. The highest BCUT2D eigenvalue weighted by Crippen LogP contribution is 2.30. The number of fused-ring (bicyclic) bond motifs is 1. The molecule has 0 bridgehead atoms. The van der Waals surface area contributed by atoms with Crippen LogP contribution in [0.5, 0.6) is 0 Å². The third-order valence-corrected chi connectivity index (χ3v) is 9.11. The van der Waals surface area contributed by atoms with Crippen molar-refractivity contribution >= 4 is 36.8 Å². The molecule has 0 amide bonds. The van der Waals surface area contributed by atoms with Crippen molar-refractivity contribution < 1.29 is 9.53 Å². The average molecular weight is 544 g/mol. The summed E-state index contributed by atoms with van der Waals surface area (Å²) in [6.45, 7) is 10.5. The lowest BCUT2D eigenvalue weighted by molar-refractivity contribution is -0.139. The minimum absolute atomic E-state index is 0.215. The van der Waals surface area contributed by atoms with Gasteiger partial charge in [-0.15, -0.1) is 5.10 Å². The minimum atomic E-state index is -1.63. The minimum Gasteiger partial charge on any atom is -0.463 e. The van der Waals surface area contributed by atoms with E-state index in [1.165, 1.54) is 11.3 Å². The number of para-hydroxylation sites is 1. The number of aromatic nitrogens is 4. The van der Waals surface area contributed by atoms with Gasteiger partial charge in [-0.2, -0.15) is 0 Å². The maximum absolute atomic E-state index is 13.9. The van der Waals surface area contributed by atoms with Gasteiger partial charge in [0.15, 0.2) is 4.80 Å². The third-order valence-electron chi connectivity index (χ3n) is 6.36. The van der Waals surface area contributed by atoms with Gasteiger partial charge >= 0.3 is 5.97 Å². The smallest absolute Gasteiger partial charge is 0.338 e. The van der Waals surface area contributed by atoms with Crippen LogP contribution in [0.15, 0.2) is 81.9 Å². The van der Waals surface area contributed by atoms with Crippen molar-refractivity contribution in [1.29, 1.82) is 0 Å². The number of ether oxygens (including phenoxy) is 1. The molecule has 0 fully saturated rings. The Hall–Kier alpha value is -3.89. The fourth-order valence-electron chi connectivity index (χ4n) is 4.43. The molecule has 2 aromatic carbocycles. The van der Waals surface area contributed by atoms with Crippen LogP contribution >= 0.6 is 11.3 Å². The summed E-state index contributed by atoms with van der Waals surface area (Å²) in [6, 6.07) is 16.7. The van der Waals surface area contributed by atoms with Crippen LogP contribution in [0.25, 0.3) is 11.8 Å². The van der Waals surface area contributed by atoms with Gasteiger partial charge in [0.05, 0.1) is 39.5 Å². The summed E-state index contributed by atoms with van der Waals surface area (Å²) in [6.07, 6.45) is 3.84. The predicted molar refractivity (Wildman–Crippen MR) is 151 cm³/mol. The van der Waals surface area contributed by atoms with Crippen molar-refractivity contribution in [3.63, 3.8) is 0 Å². The molecule has 38 heavy (non-hydrogen) atoms. The zero-order valence-electron chi connectivity index (χ0n) is 22.0. The lowest BCUT2D eigenvalue weighted by Crippen LogP contribution is -2.39. The van der Waals surface area contributed by atoms with Crippen LogP contribution < -0.4 is 20.2 Å². The van der Waals surface area contributed by atoms with Gasteiger partial charge in [0.2, 0.25) is 0 Å². The van der Waals surface area contributed by atoms with Gasteiger partial charge < -0.3 is 4.74 Å². The maximum Gasteiger partial charge on any atom is 0.338 e. The molecule has 4 aromatic rings. The van der Waals surface area contributed by atoms with Gasteiger partial charge in [-0.05, 0) is 31.6 Å². The van der Waals surface area contributed by atoms with Crippen LogP contribution in [-0.4, -0.2) is 40.2 Å². The molecule has 0 spiro atoms. The molecule has 0 aliphatic carbocycles. The number of thiazole rings is 1. The molecule has 8 nitrogen and oxygen atoms in total. The Kier molecular flexibility index (Phi) is 6.85. The Balaban J connectivity index is 1.68. The second-order valence-electron chi connectivity index (χ2n) is 10.1. The summed E-state index contributed by atoms with van der Waals surface area (Å²) < 4.78 is 9.25. The molecule has 10 heteroatoms. The van der Waals surface area contributed by atoms with E-state index in [2.05, 4.69) is 34.9 Å². The third kappa shape index (κ3) is 4.72. The first-order chi connectivity index (χ1) is 18.2. The number of rotatable bonds is 6. The number of carbonyl (C=O) groups excluding carboxylic acids is 1. The molecule has 0 saturated heterocycles. The molecule has 1 unspecified atom stereocenters. The van der Waals surface area contributed by atoms with E-state index in [1.54, 1.807) is 23.1 Å². The monoisotopic (exact) mass is 543 g/mol. The molecule has 1 atom stereocenters. The van der Waals surface area contributed by atoms with Crippen molar-refractivity contribution in [2.75, 3.05) is 6.61 Å². The van der Waals surface area contributed by atoms with Gasteiger partial charge in [0.1, 0.15) is 8.07 Å². The van der Waals surface area contributed by atoms with Gasteiger partial charge in [0, 0.05) is 11.8 Å². The Bertz CT molecular complexity index is 1730. The maximum atomic E-state index is 13.9. The summed E-state index contributed by atoms with van der Waals surface area (Å²) in [4.78, 5) is 32.1. The van der Waals surface area contributed by atoms with E-state index in [-0.39, 0.29) is 12.2 Å². The zero-order valence-corrected chi connectivity index (χ0v) is 23.8. The molecule has 5 rings (SSSR count). The number of esters is 1. The van der Waals surface area contributed by atoms with Gasteiger partial charge in [-0.3, -0.25) is 9.36 Å². The summed E-state index contributed by atoms with van der Waals surface area (Å²) in [5.74, 6) is -0.466. The van der Waals surface area contributed by atoms with Crippen molar-refractivity contribution in [1.82, 2.24) is 19.6 Å². The fourth-order valence-corrected chi connectivity index (χ4v) is 6.32. The first kappa shape index (κ1) is 25.7. The molecule has 0 saturated carbocycles. The van der Waals surface area contributed by atoms with E-state index >= 15 is 0 Å². The van der Waals surface area contributed by atoms with Crippen LogP contribution in [-0.2, 0) is 9.53 Å². The van der Waals surface area contributed by atoms with Crippen LogP contribution in [0.3, 0.4) is 0 Å². The summed E-state index contributed by atoms with van der Waals surface area (Å²) >= 11 is 1.30. The zero-order chi connectivity index (χ0) is 27.0. The van der Waals surface area contributed by atoms with E-state index in [9.17, 15) is 9.59 Å². The SMILES string of the molecule is CCOC(=O)C1=C(C)N=c2s/c(=C\c3ccccc3-n3cc([Si](C)(C)C)nn3)c(=O)n2C1c1ccccc1. The lowest BCUT2D eigenvalue weighted by atomic mass is 9.96. The molecule has 3 heterocycles. The lowest BCUT2D eigenvalue weighted by Gasteiger charge is -2.24. The van der Waals surface area contributed by atoms with Gasteiger partial charge in [0.25, 0.3) is 5.56 Å². The molecule has 0 N–H and O–H groups in total. The topological polar surface area (TPSA) is 91.4 Å². The largest absolute Gasteiger partial charge is 0.463 e. The molecule has 1 aliphatic rings. The number of benzene rings is 2. The number of carbonyl (C=O) groups is 1. The summed E-state index contributed by atoms with van der Waals surface area (Å²) in [5, 5.41) is 9.79. The normalized spacial score (nSPS) is 15.8. The summed E-state index contributed by atoms with van der Waals surface area (Å²) in [5.41, 5.74) is 3.19. The summed E-state index contributed by atoms with van der Waals surface area (Å²) in [7, 11) is -1.63. The molecule has 194 valence electrons. The van der Waals surface area contributed by atoms with E-state index in [0.29, 0.717) is 20.6 Å². The van der Waals surface area contributed by atoms with Crippen LogP contribution in [0, 0.1) is 0 Å². The van der Waals surface area contributed by atoms with E-state index in [0.717, 1.165) is 22.1 Å². The van der Waals surface area contributed by atoms with Crippen LogP contribution in [0.4, 0.5) is 0 Å². The first-order valence-corrected chi connectivity index (χ1v) is 16.8. The number of allylic oxidation sites excluding steroid dienone is 1. The highest BCUT2D eigenvalue weighted by atomic mass is 32.1. The Labute approximate surface area is 225 Å². The van der Waals surface area contributed by atoms with Crippen molar-refractivity contribution in [3.8, 4) is 5.69 Å². The number of hydrogen-bond acceptors (Lipinski definition) is 7. The van der Waals surface area contributed by atoms with E-state index in [4.69, 9.17) is 4.74 Å². The van der Waals surface area contributed by atoms with Crippen molar-refractivity contribution in [2.24, 2.45) is 4.99 Å². The quantitative estimate of drug-likeness (QED) is 0.276.